The van der Waals surface area contributed by atoms with Gasteiger partial charge in [0.1, 0.15) is 0 Å². The van der Waals surface area contributed by atoms with Crippen LogP contribution in [0.15, 0.2) is 72.8 Å². The average Bonchev–Trinajstić information content (AvgIpc) is 2.78. The summed E-state index contributed by atoms with van der Waals surface area (Å²) in [6, 6.07) is 25.8. The summed E-state index contributed by atoms with van der Waals surface area (Å²) in [5.41, 5.74) is 4.24. The Labute approximate surface area is 202 Å². The molecule has 0 bridgehead atoms. The second kappa shape index (κ2) is 9.43. The van der Waals surface area contributed by atoms with Gasteiger partial charge in [-0.05, 0) is 23.3 Å². The summed E-state index contributed by atoms with van der Waals surface area (Å²) in [5, 5.41) is 2.85. The molecule has 0 atom stereocenters. The molecule has 4 rings (SSSR count). The van der Waals surface area contributed by atoms with Gasteiger partial charge in [0.2, 0.25) is 0 Å². The molecular weight excluding hydrogens is 437 g/mol. The highest BCUT2D eigenvalue weighted by molar-refractivity contribution is 6.90. The van der Waals surface area contributed by atoms with Gasteiger partial charge in [0, 0.05) is 0 Å². The lowest BCUT2D eigenvalue weighted by atomic mass is 9.61. The summed E-state index contributed by atoms with van der Waals surface area (Å²) in [6.07, 6.45) is 0. The van der Waals surface area contributed by atoms with E-state index in [1.54, 1.807) is 0 Å². The fourth-order valence-corrected chi connectivity index (χ4v) is 6.24. The van der Waals surface area contributed by atoms with Crippen molar-refractivity contribution >= 4 is 64.3 Å². The highest BCUT2D eigenvalue weighted by Gasteiger charge is 2.43. The normalized spacial score (nSPS) is 15.2. The van der Waals surface area contributed by atoms with Crippen LogP contribution in [-0.4, -0.2) is 37.5 Å². The van der Waals surface area contributed by atoms with E-state index in [0.29, 0.717) is 0 Å². The predicted molar refractivity (Wildman–Crippen MR) is 149 cm³/mol. The van der Waals surface area contributed by atoms with Crippen LogP contribution in [0.4, 0.5) is 0 Å². The fraction of sp³-hybridized carbons (Fsp3) is 0.280. The van der Waals surface area contributed by atoms with Crippen LogP contribution < -0.4 is 26.8 Å². The number of hydrogen-bond acceptors (Lipinski definition) is 3. The monoisotopic (exact) mass is 470 g/mol. The first-order valence-corrected chi connectivity index (χ1v) is 18.7. The third-order valence-electron chi connectivity index (χ3n) is 6.19. The fourth-order valence-electron chi connectivity index (χ4n) is 3.91. The van der Waals surface area contributed by atoms with Gasteiger partial charge >= 0.3 is 21.4 Å². The summed E-state index contributed by atoms with van der Waals surface area (Å²) in [6.45, 7) is 16.2. The lowest BCUT2D eigenvalue weighted by Gasteiger charge is -2.32. The zero-order valence-electron chi connectivity index (χ0n) is 20.9. The first kappa shape index (κ1) is 24.3. The Morgan fingerprint density at radius 2 is 0.727 bits per heavy atom. The average molecular weight is 470 g/mol. The maximum absolute atomic E-state index is 6.36. The van der Waals surface area contributed by atoms with Crippen LogP contribution in [-0.2, 0) is 13.7 Å². The van der Waals surface area contributed by atoms with Crippen LogP contribution >= 0.6 is 0 Å². The second-order valence-corrected chi connectivity index (χ2v) is 21.2. The molecule has 0 radical (unpaired) electrons. The van der Waals surface area contributed by atoms with Gasteiger partial charge in [-0.3, -0.25) is 0 Å². The van der Waals surface area contributed by atoms with Crippen LogP contribution in [0.25, 0.3) is 0 Å². The lowest BCUT2D eigenvalue weighted by molar-refractivity contribution is 0.308. The van der Waals surface area contributed by atoms with Crippen LogP contribution in [0.2, 0.25) is 39.3 Å². The maximum Gasteiger partial charge on any atom is 0.467 e. The molecule has 0 amide bonds. The highest BCUT2D eigenvalue weighted by atomic mass is 28.3. The summed E-state index contributed by atoms with van der Waals surface area (Å²) >= 11 is 0. The Kier molecular flexibility index (Phi) is 6.94. The molecule has 33 heavy (non-hydrogen) atoms. The van der Waals surface area contributed by atoms with Crippen LogP contribution in [0.3, 0.4) is 0 Å². The Morgan fingerprint density at radius 1 is 0.455 bits per heavy atom. The number of aryl methyl sites for hydroxylation is 1. The van der Waals surface area contributed by atoms with Gasteiger partial charge in [-0.15, -0.1) is 0 Å². The highest BCUT2D eigenvalue weighted by Crippen LogP contribution is 2.12. The smallest absolute Gasteiger partial charge is 0.445 e. The molecule has 0 unspecified atom stereocenters. The molecular formula is C25H33B3O3Si2. The molecule has 1 aliphatic heterocycles. The van der Waals surface area contributed by atoms with Crippen molar-refractivity contribution in [2.45, 2.75) is 46.2 Å². The van der Waals surface area contributed by atoms with E-state index in [0.717, 1.165) is 16.4 Å². The van der Waals surface area contributed by atoms with E-state index >= 15 is 0 Å². The molecule has 1 heterocycles. The SMILES string of the molecule is Cc1ccc(B2OB(c3ccc([Si](C)(C)C)cc3)OB(c3ccc([Si](C)(C)C)cc3)O2)cc1. The molecule has 8 heteroatoms. The molecule has 3 aromatic rings. The van der Waals surface area contributed by atoms with Crippen molar-refractivity contribution in [2.24, 2.45) is 0 Å². The summed E-state index contributed by atoms with van der Waals surface area (Å²) in [4.78, 5) is 0. The minimum atomic E-state index is -1.37. The number of rotatable bonds is 5. The third kappa shape index (κ3) is 5.81. The minimum absolute atomic E-state index is 0.498. The molecule has 1 fully saturated rings. The molecule has 0 aliphatic carbocycles. The largest absolute Gasteiger partial charge is 0.467 e. The lowest BCUT2D eigenvalue weighted by Crippen LogP contribution is -2.61. The molecule has 0 N–H and O–H groups in total. The number of hydrogen-bond donors (Lipinski definition) is 0. The molecule has 1 aliphatic rings. The summed E-state index contributed by atoms with van der Waals surface area (Å²) < 4.78 is 19.0. The van der Waals surface area contributed by atoms with Gasteiger partial charge in [-0.2, -0.15) is 0 Å². The third-order valence-corrected chi connectivity index (χ3v) is 10.3. The van der Waals surface area contributed by atoms with Crippen LogP contribution in [0.1, 0.15) is 5.56 Å². The molecule has 0 aromatic heterocycles. The second-order valence-electron chi connectivity index (χ2n) is 11.1. The maximum atomic E-state index is 6.36. The van der Waals surface area contributed by atoms with E-state index in [1.807, 2.05) is 0 Å². The Morgan fingerprint density at radius 3 is 1.00 bits per heavy atom. The van der Waals surface area contributed by atoms with Gasteiger partial charge in [-0.1, -0.05) is 128 Å². The van der Waals surface area contributed by atoms with E-state index in [9.17, 15) is 0 Å². The van der Waals surface area contributed by atoms with Gasteiger partial charge in [0.25, 0.3) is 0 Å². The molecule has 3 nitrogen and oxygen atoms in total. The summed E-state index contributed by atoms with van der Waals surface area (Å²) in [7, 11) is -4.23. The minimum Gasteiger partial charge on any atom is -0.445 e. The Balaban J connectivity index is 1.64. The van der Waals surface area contributed by atoms with Crippen molar-refractivity contribution in [3.05, 3.63) is 78.4 Å². The zero-order chi connectivity index (χ0) is 23.8. The Bertz CT molecular complexity index is 1010. The zero-order valence-corrected chi connectivity index (χ0v) is 22.9. The quantitative estimate of drug-likeness (QED) is 0.537. The van der Waals surface area contributed by atoms with Gasteiger partial charge in [0.05, 0.1) is 16.1 Å². The van der Waals surface area contributed by atoms with Crippen molar-refractivity contribution < 1.29 is 13.7 Å². The van der Waals surface area contributed by atoms with E-state index in [1.165, 1.54) is 15.9 Å². The van der Waals surface area contributed by atoms with Crippen LogP contribution in [0, 0.1) is 6.92 Å². The van der Waals surface area contributed by atoms with Gasteiger partial charge in [-0.25, -0.2) is 0 Å². The molecule has 3 aromatic carbocycles. The number of benzene rings is 3. The van der Waals surface area contributed by atoms with E-state index in [4.69, 9.17) is 13.7 Å². The van der Waals surface area contributed by atoms with Crippen molar-refractivity contribution in [1.29, 1.82) is 0 Å². The molecule has 0 spiro atoms. The first-order valence-electron chi connectivity index (χ1n) is 11.7. The predicted octanol–water partition coefficient (Wildman–Crippen LogP) is 2.63. The van der Waals surface area contributed by atoms with Crippen molar-refractivity contribution in [3.63, 3.8) is 0 Å². The van der Waals surface area contributed by atoms with Crippen molar-refractivity contribution in [3.8, 4) is 0 Å². The van der Waals surface area contributed by atoms with E-state index in [-0.39, 0.29) is 0 Å². The first-order chi connectivity index (χ1) is 15.5. The summed E-state index contributed by atoms with van der Waals surface area (Å²) in [5.74, 6) is 0. The van der Waals surface area contributed by atoms with Crippen LogP contribution in [0.5, 0.6) is 0 Å². The van der Waals surface area contributed by atoms with E-state index < -0.39 is 37.5 Å². The standard InChI is InChI=1S/C25H33B3O3Si2/c1-20-8-10-21(11-9-20)26-29-27(22-12-16-24(17-13-22)32(2,3)4)31-28(30-26)23-14-18-25(19-15-23)33(5,6)7/h8-19H,1-7H3. The van der Waals surface area contributed by atoms with Gasteiger partial charge in [0.15, 0.2) is 0 Å². The molecule has 1 saturated heterocycles. The van der Waals surface area contributed by atoms with Crippen molar-refractivity contribution in [1.82, 2.24) is 0 Å². The van der Waals surface area contributed by atoms with Crippen molar-refractivity contribution in [2.75, 3.05) is 0 Å². The Hall–Kier alpha value is -1.83. The van der Waals surface area contributed by atoms with E-state index in [2.05, 4.69) is 119 Å². The topological polar surface area (TPSA) is 27.7 Å². The molecule has 0 saturated carbocycles. The van der Waals surface area contributed by atoms with Gasteiger partial charge < -0.3 is 13.7 Å². The molecule has 168 valence electrons.